The third-order valence-electron chi connectivity index (χ3n) is 3.44. The van der Waals surface area contributed by atoms with Crippen LogP contribution in [0.5, 0.6) is 23.0 Å². The summed E-state index contributed by atoms with van der Waals surface area (Å²) in [5.41, 5.74) is 2.54. The first-order valence-corrected chi connectivity index (χ1v) is 6.78. The standard InChI is InChI=1S/C16H24O4/c1-6-7-10(2)8-9-12-11(3)13(17)15(19-4)16(20-5)14(12)18/h8,17-18H,6-7,9H2,1-5H3/b10-8+. The summed E-state index contributed by atoms with van der Waals surface area (Å²) in [4.78, 5) is 0. The zero-order chi connectivity index (χ0) is 15.3. The van der Waals surface area contributed by atoms with Crippen LogP contribution >= 0.6 is 0 Å². The van der Waals surface area contributed by atoms with Gasteiger partial charge in [-0.05, 0) is 26.7 Å². The highest BCUT2D eigenvalue weighted by Gasteiger charge is 2.22. The van der Waals surface area contributed by atoms with E-state index in [0.717, 1.165) is 12.8 Å². The van der Waals surface area contributed by atoms with Crippen LogP contribution in [0.2, 0.25) is 0 Å². The van der Waals surface area contributed by atoms with E-state index in [0.29, 0.717) is 17.5 Å². The SMILES string of the molecule is CCC/C(C)=C/Cc1c(C)c(O)c(OC)c(OC)c1O. The van der Waals surface area contributed by atoms with Gasteiger partial charge >= 0.3 is 0 Å². The molecule has 0 aromatic heterocycles. The van der Waals surface area contributed by atoms with Gasteiger partial charge in [-0.15, -0.1) is 0 Å². The van der Waals surface area contributed by atoms with E-state index in [1.165, 1.54) is 19.8 Å². The van der Waals surface area contributed by atoms with Crippen molar-refractivity contribution in [2.75, 3.05) is 14.2 Å². The molecule has 0 unspecified atom stereocenters. The molecule has 112 valence electrons. The van der Waals surface area contributed by atoms with E-state index >= 15 is 0 Å². The number of benzene rings is 1. The van der Waals surface area contributed by atoms with Gasteiger partial charge in [-0.25, -0.2) is 0 Å². The molecular formula is C16H24O4. The third-order valence-corrected chi connectivity index (χ3v) is 3.44. The molecule has 0 fully saturated rings. The summed E-state index contributed by atoms with van der Waals surface area (Å²) >= 11 is 0. The highest BCUT2D eigenvalue weighted by Crippen LogP contribution is 2.48. The van der Waals surface area contributed by atoms with E-state index in [1.807, 2.05) is 0 Å². The van der Waals surface area contributed by atoms with Gasteiger partial charge in [0, 0.05) is 11.1 Å². The van der Waals surface area contributed by atoms with Crippen LogP contribution in [0.1, 0.15) is 37.8 Å². The fraction of sp³-hybridized carbons (Fsp3) is 0.500. The van der Waals surface area contributed by atoms with Crippen LogP contribution in [-0.4, -0.2) is 24.4 Å². The van der Waals surface area contributed by atoms with Gasteiger partial charge in [-0.1, -0.05) is 25.0 Å². The molecule has 1 rings (SSSR count). The molecule has 0 radical (unpaired) electrons. The normalized spacial score (nSPS) is 11.6. The first kappa shape index (κ1) is 16.2. The quantitative estimate of drug-likeness (QED) is 0.616. The largest absolute Gasteiger partial charge is 0.504 e. The molecule has 0 aliphatic carbocycles. The number of hydrogen-bond donors (Lipinski definition) is 2. The lowest BCUT2D eigenvalue weighted by Crippen LogP contribution is -1.98. The fourth-order valence-electron chi connectivity index (χ4n) is 2.24. The van der Waals surface area contributed by atoms with Gasteiger partial charge < -0.3 is 19.7 Å². The molecule has 20 heavy (non-hydrogen) atoms. The number of phenolic OH excluding ortho intramolecular Hbond substituents is 2. The molecule has 0 aliphatic heterocycles. The molecule has 0 bridgehead atoms. The Labute approximate surface area is 120 Å². The molecule has 0 heterocycles. The Morgan fingerprint density at radius 2 is 1.65 bits per heavy atom. The van der Waals surface area contributed by atoms with Crippen LogP contribution < -0.4 is 9.47 Å². The van der Waals surface area contributed by atoms with Crippen molar-refractivity contribution >= 4 is 0 Å². The minimum atomic E-state index is 0.0127. The molecule has 0 saturated heterocycles. The van der Waals surface area contributed by atoms with Gasteiger partial charge in [0.2, 0.25) is 11.5 Å². The van der Waals surface area contributed by atoms with Crippen LogP contribution in [0.15, 0.2) is 11.6 Å². The lowest BCUT2D eigenvalue weighted by Gasteiger charge is -2.17. The average molecular weight is 280 g/mol. The third kappa shape index (κ3) is 3.18. The molecule has 0 spiro atoms. The second-order valence-corrected chi connectivity index (χ2v) is 4.87. The maximum atomic E-state index is 10.3. The van der Waals surface area contributed by atoms with Crippen molar-refractivity contribution in [3.8, 4) is 23.0 Å². The van der Waals surface area contributed by atoms with Crippen molar-refractivity contribution in [2.45, 2.75) is 40.0 Å². The Bertz CT molecular complexity index is 504. The second-order valence-electron chi connectivity index (χ2n) is 4.87. The van der Waals surface area contributed by atoms with Crippen LogP contribution in [0, 0.1) is 6.92 Å². The molecule has 2 N–H and O–H groups in total. The Balaban J connectivity index is 3.27. The van der Waals surface area contributed by atoms with Gasteiger partial charge in [0.15, 0.2) is 11.5 Å². The first-order valence-electron chi connectivity index (χ1n) is 6.78. The van der Waals surface area contributed by atoms with E-state index in [2.05, 4.69) is 19.9 Å². The molecule has 1 aromatic rings. The maximum absolute atomic E-state index is 10.3. The van der Waals surface area contributed by atoms with E-state index in [9.17, 15) is 10.2 Å². The van der Waals surface area contributed by atoms with Crippen LogP contribution in [0.3, 0.4) is 0 Å². The van der Waals surface area contributed by atoms with Crippen molar-refractivity contribution in [3.63, 3.8) is 0 Å². The number of phenols is 2. The molecule has 4 nitrogen and oxygen atoms in total. The second kappa shape index (κ2) is 7.08. The molecule has 1 aromatic carbocycles. The summed E-state index contributed by atoms with van der Waals surface area (Å²) in [6, 6.07) is 0. The molecule has 0 saturated carbocycles. The smallest absolute Gasteiger partial charge is 0.207 e. The molecule has 0 aliphatic rings. The van der Waals surface area contributed by atoms with Crippen molar-refractivity contribution < 1.29 is 19.7 Å². The summed E-state index contributed by atoms with van der Waals surface area (Å²) in [6.45, 7) is 5.95. The Morgan fingerprint density at radius 1 is 1.10 bits per heavy atom. The zero-order valence-corrected chi connectivity index (χ0v) is 12.9. The van der Waals surface area contributed by atoms with E-state index in [-0.39, 0.29) is 23.0 Å². The highest BCUT2D eigenvalue weighted by molar-refractivity contribution is 5.66. The predicted molar refractivity (Wildman–Crippen MR) is 80.0 cm³/mol. The molecule has 4 heteroatoms. The van der Waals surface area contributed by atoms with Gasteiger partial charge in [0.1, 0.15) is 0 Å². The summed E-state index contributed by atoms with van der Waals surface area (Å²) in [5, 5.41) is 20.5. The molecular weight excluding hydrogens is 256 g/mol. The number of allylic oxidation sites excluding steroid dienone is 2. The van der Waals surface area contributed by atoms with E-state index in [4.69, 9.17) is 9.47 Å². The minimum absolute atomic E-state index is 0.0127. The van der Waals surface area contributed by atoms with E-state index in [1.54, 1.807) is 6.92 Å². The lowest BCUT2D eigenvalue weighted by atomic mass is 9.99. The highest BCUT2D eigenvalue weighted by atomic mass is 16.5. The summed E-state index contributed by atoms with van der Waals surface area (Å²) in [6.07, 6.45) is 4.73. The Hall–Kier alpha value is -1.84. The number of methoxy groups -OCH3 is 2. The number of rotatable bonds is 6. The van der Waals surface area contributed by atoms with Crippen LogP contribution in [0.25, 0.3) is 0 Å². The summed E-state index contributed by atoms with van der Waals surface area (Å²) in [7, 11) is 2.87. The van der Waals surface area contributed by atoms with Crippen molar-refractivity contribution in [1.82, 2.24) is 0 Å². The maximum Gasteiger partial charge on any atom is 0.207 e. The van der Waals surface area contributed by atoms with Crippen LogP contribution in [-0.2, 0) is 6.42 Å². The molecule has 0 amide bonds. The van der Waals surface area contributed by atoms with Crippen molar-refractivity contribution in [2.24, 2.45) is 0 Å². The topological polar surface area (TPSA) is 58.9 Å². The Morgan fingerprint density at radius 3 is 2.15 bits per heavy atom. The van der Waals surface area contributed by atoms with Crippen LogP contribution in [0.4, 0.5) is 0 Å². The Kier molecular flexibility index (Phi) is 5.74. The van der Waals surface area contributed by atoms with Gasteiger partial charge in [0.05, 0.1) is 14.2 Å². The number of ether oxygens (including phenoxy) is 2. The number of aromatic hydroxyl groups is 2. The summed E-state index contributed by atoms with van der Waals surface area (Å²) < 4.78 is 10.2. The lowest BCUT2D eigenvalue weighted by molar-refractivity contribution is 0.314. The van der Waals surface area contributed by atoms with Gasteiger partial charge in [0.25, 0.3) is 0 Å². The first-order chi connectivity index (χ1) is 9.47. The average Bonchev–Trinajstić information content (AvgIpc) is 2.42. The zero-order valence-electron chi connectivity index (χ0n) is 12.9. The number of hydrogen-bond acceptors (Lipinski definition) is 4. The van der Waals surface area contributed by atoms with E-state index < -0.39 is 0 Å². The van der Waals surface area contributed by atoms with Gasteiger partial charge in [-0.3, -0.25) is 0 Å². The predicted octanol–water partition coefficient (Wildman–Crippen LogP) is 3.71. The molecule has 0 atom stereocenters. The monoisotopic (exact) mass is 280 g/mol. The summed E-state index contributed by atoms with van der Waals surface area (Å²) in [5.74, 6) is 0.381. The van der Waals surface area contributed by atoms with Crippen molar-refractivity contribution in [3.05, 3.63) is 22.8 Å². The minimum Gasteiger partial charge on any atom is -0.504 e. The van der Waals surface area contributed by atoms with Crippen molar-refractivity contribution in [1.29, 1.82) is 0 Å². The van der Waals surface area contributed by atoms with Gasteiger partial charge in [-0.2, -0.15) is 0 Å². The fourth-order valence-corrected chi connectivity index (χ4v) is 2.24.